The van der Waals surface area contributed by atoms with Crippen LogP contribution in [-0.2, 0) is 22.7 Å². The molecule has 0 aliphatic carbocycles. The summed E-state index contributed by atoms with van der Waals surface area (Å²) in [5.74, 6) is -0.725. The van der Waals surface area contributed by atoms with Gasteiger partial charge in [0, 0.05) is 16.5 Å². The van der Waals surface area contributed by atoms with E-state index in [4.69, 9.17) is 4.74 Å². The quantitative estimate of drug-likeness (QED) is 0.388. The molecule has 1 aromatic carbocycles. The summed E-state index contributed by atoms with van der Waals surface area (Å²) in [6.45, 7) is 0.328. The zero-order valence-corrected chi connectivity index (χ0v) is 13.7. The van der Waals surface area contributed by atoms with Crippen LogP contribution >= 0.6 is 0 Å². The van der Waals surface area contributed by atoms with Crippen LogP contribution in [0.25, 0.3) is 22.3 Å². The first-order valence-electron chi connectivity index (χ1n) is 7.97. The van der Waals surface area contributed by atoms with Gasteiger partial charge in [0.15, 0.2) is 6.10 Å². The van der Waals surface area contributed by atoms with Crippen molar-refractivity contribution >= 4 is 16.9 Å². The number of benzene rings is 1. The Hall–Kier alpha value is -3.43. The summed E-state index contributed by atoms with van der Waals surface area (Å²) < 4.78 is 6.51. The number of hydrogen-bond acceptors (Lipinski definition) is 5. The average Bonchev–Trinajstić information content (AvgIpc) is 3.03. The predicted molar refractivity (Wildman–Crippen MR) is 95.2 cm³/mol. The van der Waals surface area contributed by atoms with Gasteiger partial charge in [-0.15, -0.1) is 12.8 Å². The molecule has 6 nitrogen and oxygen atoms in total. The van der Waals surface area contributed by atoms with Crippen LogP contribution in [0.1, 0.15) is 22.8 Å². The highest BCUT2D eigenvalue weighted by atomic mass is 16.5. The summed E-state index contributed by atoms with van der Waals surface area (Å²) in [4.78, 5) is 29.0. The summed E-state index contributed by atoms with van der Waals surface area (Å²) in [7, 11) is 0. The van der Waals surface area contributed by atoms with Crippen LogP contribution in [0.5, 0.6) is 0 Å². The Morgan fingerprint density at radius 2 is 1.96 bits per heavy atom. The lowest BCUT2D eigenvalue weighted by atomic mass is 10.0. The summed E-state index contributed by atoms with van der Waals surface area (Å²) in [5, 5.41) is 11.1. The molecule has 3 aromatic rings. The number of carbonyl (C=O) groups is 1. The predicted octanol–water partition coefficient (Wildman–Crippen LogP) is 1.76. The fourth-order valence-corrected chi connectivity index (χ4v) is 3.47. The molecule has 5 rings (SSSR count). The van der Waals surface area contributed by atoms with Crippen LogP contribution in [0.15, 0.2) is 41.2 Å². The van der Waals surface area contributed by atoms with E-state index in [0.717, 1.165) is 22.2 Å². The van der Waals surface area contributed by atoms with E-state index in [1.54, 1.807) is 10.6 Å². The molecule has 0 saturated heterocycles. The van der Waals surface area contributed by atoms with E-state index in [0.29, 0.717) is 23.4 Å². The number of pyridine rings is 2. The van der Waals surface area contributed by atoms with Crippen molar-refractivity contribution in [2.75, 3.05) is 0 Å². The van der Waals surface area contributed by atoms with Gasteiger partial charge in [0.1, 0.15) is 6.61 Å². The minimum atomic E-state index is -1.42. The van der Waals surface area contributed by atoms with Crippen molar-refractivity contribution in [1.82, 2.24) is 9.55 Å². The molecule has 1 unspecified atom stereocenters. The fraction of sp³-hybridized carbons (Fsp3) is 0.150. The number of cyclic esters (lactones) is 1. The third-order valence-corrected chi connectivity index (χ3v) is 4.69. The molecular formula is C20H14N2O4. The normalized spacial score (nSPS) is 16.7. The Labute approximate surface area is 148 Å². The van der Waals surface area contributed by atoms with Crippen molar-refractivity contribution in [2.45, 2.75) is 19.3 Å². The van der Waals surface area contributed by atoms with Crippen LogP contribution in [-0.4, -0.2) is 20.6 Å². The highest BCUT2D eigenvalue weighted by Crippen LogP contribution is 2.34. The molecule has 26 heavy (non-hydrogen) atoms. The second-order valence-electron chi connectivity index (χ2n) is 6.05. The number of fused-ring (bicyclic) bond motifs is 5. The lowest BCUT2D eigenvalue weighted by molar-refractivity contribution is -0.157. The van der Waals surface area contributed by atoms with Crippen molar-refractivity contribution in [1.29, 1.82) is 0 Å². The number of nitrogens with zero attached hydrogens (tertiary/aromatic N) is 2. The van der Waals surface area contributed by atoms with Gasteiger partial charge in [-0.05, 0) is 18.2 Å². The molecule has 128 valence electrons. The third-order valence-electron chi connectivity index (χ3n) is 4.69. The van der Waals surface area contributed by atoms with Gasteiger partial charge in [-0.1, -0.05) is 18.2 Å². The van der Waals surface area contributed by atoms with Crippen LogP contribution in [0, 0.1) is 12.8 Å². The number of aliphatic hydroxyl groups is 1. The van der Waals surface area contributed by atoms with E-state index in [2.05, 4.69) is 17.8 Å². The maximum Gasteiger partial charge on any atom is 0.340 e. The van der Waals surface area contributed by atoms with Crippen LogP contribution in [0.3, 0.4) is 0 Å². The zero-order chi connectivity index (χ0) is 18.4. The van der Waals surface area contributed by atoms with Gasteiger partial charge in [0.25, 0.3) is 5.56 Å². The standard InChI is InChI=1S/C18H12N2O4.C2H2/c21-16-11-6-14-15-10(5-9-3-1-2-4-13(9)19-15)7-20(14)17(22)12(11)8-24-18(16)23;1-2/h1-6,16,21H,7-8H2;1-2H. The molecule has 1 atom stereocenters. The molecule has 1 N–H and O–H groups in total. The fourth-order valence-electron chi connectivity index (χ4n) is 3.47. The van der Waals surface area contributed by atoms with Crippen molar-refractivity contribution in [2.24, 2.45) is 0 Å². The third kappa shape index (κ3) is 2.15. The summed E-state index contributed by atoms with van der Waals surface area (Å²) in [6, 6.07) is 11.5. The second kappa shape index (κ2) is 5.83. The summed E-state index contributed by atoms with van der Waals surface area (Å²) in [5.41, 5.74) is 3.57. The van der Waals surface area contributed by atoms with E-state index in [1.165, 1.54) is 0 Å². The Bertz CT molecular complexity index is 1140. The highest BCUT2D eigenvalue weighted by molar-refractivity contribution is 5.84. The van der Waals surface area contributed by atoms with Gasteiger partial charge in [-0.3, -0.25) is 4.79 Å². The molecule has 0 bridgehead atoms. The van der Waals surface area contributed by atoms with Gasteiger partial charge in [-0.2, -0.15) is 0 Å². The molecule has 6 heteroatoms. The Kier molecular flexibility index (Phi) is 3.60. The Morgan fingerprint density at radius 3 is 2.77 bits per heavy atom. The topological polar surface area (TPSA) is 81.4 Å². The molecule has 4 heterocycles. The summed E-state index contributed by atoms with van der Waals surface area (Å²) >= 11 is 0. The lowest BCUT2D eigenvalue weighted by Gasteiger charge is -2.21. The monoisotopic (exact) mass is 346 g/mol. The average molecular weight is 346 g/mol. The van der Waals surface area contributed by atoms with Crippen LogP contribution in [0.4, 0.5) is 0 Å². The van der Waals surface area contributed by atoms with E-state index in [9.17, 15) is 14.7 Å². The number of carbonyl (C=O) groups excluding carboxylic acids is 1. The van der Waals surface area contributed by atoms with E-state index in [1.807, 2.05) is 30.3 Å². The van der Waals surface area contributed by atoms with Crippen molar-refractivity contribution in [3.05, 3.63) is 63.4 Å². The minimum absolute atomic E-state index is 0.101. The highest BCUT2D eigenvalue weighted by Gasteiger charge is 2.33. The molecule has 0 spiro atoms. The minimum Gasteiger partial charge on any atom is -0.458 e. The Morgan fingerprint density at radius 1 is 1.19 bits per heavy atom. The maximum atomic E-state index is 12.8. The number of para-hydroxylation sites is 1. The largest absolute Gasteiger partial charge is 0.458 e. The van der Waals surface area contributed by atoms with E-state index in [-0.39, 0.29) is 12.2 Å². The molecular weight excluding hydrogens is 332 g/mol. The number of hydrogen-bond donors (Lipinski definition) is 1. The van der Waals surface area contributed by atoms with Gasteiger partial charge in [0.05, 0.1) is 29.0 Å². The number of aliphatic hydroxyl groups excluding tert-OH is 1. The molecule has 0 amide bonds. The first-order valence-corrected chi connectivity index (χ1v) is 7.97. The van der Waals surface area contributed by atoms with E-state index < -0.39 is 12.1 Å². The molecule has 2 aliphatic heterocycles. The first kappa shape index (κ1) is 16.1. The number of terminal acetylenes is 1. The molecule has 0 saturated carbocycles. The second-order valence-corrected chi connectivity index (χ2v) is 6.05. The van der Waals surface area contributed by atoms with Gasteiger partial charge in [-0.25, -0.2) is 9.78 Å². The number of ether oxygens (including phenoxy) is 1. The van der Waals surface area contributed by atoms with Gasteiger partial charge < -0.3 is 14.4 Å². The maximum absolute atomic E-state index is 12.8. The molecule has 0 fully saturated rings. The van der Waals surface area contributed by atoms with E-state index >= 15 is 0 Å². The molecule has 0 radical (unpaired) electrons. The van der Waals surface area contributed by atoms with Gasteiger partial charge in [0.2, 0.25) is 0 Å². The SMILES string of the molecule is C#C.O=C1OCc2c(cc3n(c2=O)Cc2cc4ccccc4nc2-3)C1O. The van der Waals surface area contributed by atoms with Gasteiger partial charge >= 0.3 is 5.97 Å². The molecule has 2 aliphatic rings. The summed E-state index contributed by atoms with van der Waals surface area (Å²) in [6.07, 6.45) is 6.58. The smallest absolute Gasteiger partial charge is 0.340 e. The number of rotatable bonds is 0. The van der Waals surface area contributed by atoms with Crippen molar-refractivity contribution in [3.8, 4) is 24.2 Å². The van der Waals surface area contributed by atoms with Crippen LogP contribution in [0.2, 0.25) is 0 Å². The van der Waals surface area contributed by atoms with Crippen molar-refractivity contribution < 1.29 is 14.6 Å². The Balaban J connectivity index is 0.000000814. The number of esters is 1. The van der Waals surface area contributed by atoms with Crippen molar-refractivity contribution in [3.63, 3.8) is 0 Å². The zero-order valence-electron chi connectivity index (χ0n) is 13.7. The first-order chi connectivity index (χ1) is 12.6. The molecule has 2 aromatic heterocycles. The number of aromatic nitrogens is 2. The van der Waals surface area contributed by atoms with Crippen LogP contribution < -0.4 is 5.56 Å². The lowest BCUT2D eigenvalue weighted by Crippen LogP contribution is -2.32.